The number of aromatic hydroxyl groups is 2. The summed E-state index contributed by atoms with van der Waals surface area (Å²) in [5, 5.41) is 19.4. The van der Waals surface area contributed by atoms with Crippen LogP contribution in [0.1, 0.15) is 69.4 Å². The van der Waals surface area contributed by atoms with Crippen LogP contribution in [0.2, 0.25) is 0 Å². The van der Waals surface area contributed by atoms with E-state index in [1.165, 1.54) is 49.7 Å². The first-order valence-electron chi connectivity index (χ1n) is 9.73. The summed E-state index contributed by atoms with van der Waals surface area (Å²) in [7, 11) is 0. The molecule has 0 aromatic heterocycles. The minimum absolute atomic E-state index is 0.00344. The lowest BCUT2D eigenvalue weighted by Gasteiger charge is -2.42. The van der Waals surface area contributed by atoms with E-state index in [9.17, 15) is 10.2 Å². The minimum atomic E-state index is -0.00344. The van der Waals surface area contributed by atoms with Crippen molar-refractivity contribution in [1.29, 1.82) is 0 Å². The summed E-state index contributed by atoms with van der Waals surface area (Å²) in [6.45, 7) is 2.26. The van der Waals surface area contributed by atoms with E-state index in [0.717, 1.165) is 18.8 Å². The molecule has 1 unspecified atom stereocenters. The Bertz CT molecular complexity index is 612. The first-order chi connectivity index (χ1) is 12.1. The Balaban J connectivity index is 1.94. The van der Waals surface area contributed by atoms with Gasteiger partial charge in [0.25, 0.3) is 0 Å². The third-order valence-electron chi connectivity index (χ3n) is 5.91. The van der Waals surface area contributed by atoms with Crippen LogP contribution in [0.5, 0.6) is 11.5 Å². The molecule has 0 saturated heterocycles. The number of benzene rings is 2. The lowest BCUT2D eigenvalue weighted by atomic mass is 9.61. The minimum Gasteiger partial charge on any atom is -0.508 e. The average Bonchev–Trinajstić information content (AvgIpc) is 2.63. The smallest absolute Gasteiger partial charge is 0.115 e. The van der Waals surface area contributed by atoms with Crippen LogP contribution in [0.25, 0.3) is 0 Å². The number of hydrogen-bond acceptors (Lipinski definition) is 2. The molecule has 2 nitrogen and oxygen atoms in total. The van der Waals surface area contributed by atoms with E-state index in [4.69, 9.17) is 0 Å². The van der Waals surface area contributed by atoms with E-state index in [2.05, 4.69) is 31.2 Å². The van der Waals surface area contributed by atoms with Crippen molar-refractivity contribution in [2.75, 3.05) is 0 Å². The molecule has 2 N–H and O–H groups in total. The molecule has 1 fully saturated rings. The molecule has 0 aliphatic heterocycles. The van der Waals surface area contributed by atoms with Gasteiger partial charge >= 0.3 is 0 Å². The summed E-state index contributed by atoms with van der Waals surface area (Å²) < 4.78 is 0. The van der Waals surface area contributed by atoms with Gasteiger partial charge in [0.05, 0.1) is 0 Å². The summed E-state index contributed by atoms with van der Waals surface area (Å²) in [6, 6.07) is 15.5. The lowest BCUT2D eigenvalue weighted by Crippen LogP contribution is -2.34. The highest BCUT2D eigenvalue weighted by molar-refractivity contribution is 5.43. The summed E-state index contributed by atoms with van der Waals surface area (Å²) in [5.41, 5.74) is 2.57. The molecular formula is C23H30O2. The van der Waals surface area contributed by atoms with Crippen LogP contribution in [0.15, 0.2) is 48.5 Å². The van der Waals surface area contributed by atoms with Gasteiger partial charge < -0.3 is 10.2 Å². The van der Waals surface area contributed by atoms with Crippen molar-refractivity contribution < 1.29 is 10.2 Å². The summed E-state index contributed by atoms with van der Waals surface area (Å²) in [6.07, 6.45) is 10.1. The molecular weight excluding hydrogens is 308 g/mol. The summed E-state index contributed by atoms with van der Waals surface area (Å²) in [4.78, 5) is 0. The van der Waals surface area contributed by atoms with Gasteiger partial charge in [-0.1, -0.05) is 69.7 Å². The second-order valence-electron chi connectivity index (χ2n) is 7.63. The molecule has 3 rings (SSSR count). The molecule has 0 amide bonds. The van der Waals surface area contributed by atoms with E-state index < -0.39 is 0 Å². The predicted molar refractivity (Wildman–Crippen MR) is 103 cm³/mol. The number of rotatable bonds is 6. The van der Waals surface area contributed by atoms with Crippen molar-refractivity contribution in [2.45, 2.75) is 63.7 Å². The zero-order valence-electron chi connectivity index (χ0n) is 15.2. The van der Waals surface area contributed by atoms with Gasteiger partial charge in [0, 0.05) is 5.41 Å². The Labute approximate surface area is 151 Å². The molecule has 2 aromatic carbocycles. The number of hydrogen-bond donors (Lipinski definition) is 2. The molecule has 25 heavy (non-hydrogen) atoms. The van der Waals surface area contributed by atoms with Crippen LogP contribution in [0, 0.1) is 5.92 Å². The van der Waals surface area contributed by atoms with Gasteiger partial charge in [0.1, 0.15) is 11.5 Å². The van der Waals surface area contributed by atoms with Gasteiger partial charge in [-0.25, -0.2) is 0 Å². The molecule has 1 aliphatic carbocycles. The monoisotopic (exact) mass is 338 g/mol. The Kier molecular flexibility index (Phi) is 5.67. The topological polar surface area (TPSA) is 40.5 Å². The van der Waals surface area contributed by atoms with Gasteiger partial charge in [0.2, 0.25) is 0 Å². The summed E-state index contributed by atoms with van der Waals surface area (Å²) in [5.74, 6) is 1.39. The molecule has 0 spiro atoms. The number of phenols is 2. The predicted octanol–water partition coefficient (Wildman–Crippen LogP) is 6.15. The quantitative estimate of drug-likeness (QED) is 0.620. The van der Waals surface area contributed by atoms with Gasteiger partial charge in [-0.15, -0.1) is 0 Å². The fourth-order valence-electron chi connectivity index (χ4n) is 4.57. The van der Waals surface area contributed by atoms with E-state index in [-0.39, 0.29) is 5.41 Å². The Morgan fingerprint density at radius 1 is 0.880 bits per heavy atom. The maximum Gasteiger partial charge on any atom is 0.115 e. The maximum absolute atomic E-state index is 9.71. The van der Waals surface area contributed by atoms with Crippen LogP contribution in [0.4, 0.5) is 0 Å². The third kappa shape index (κ3) is 4.00. The Morgan fingerprint density at radius 3 is 1.96 bits per heavy atom. The SMILES string of the molecule is CCCCCC1CCCC(c2ccc(O)cc2)(c2ccc(O)cc2)C1. The van der Waals surface area contributed by atoms with E-state index >= 15 is 0 Å². The molecule has 1 aliphatic rings. The fourth-order valence-corrected chi connectivity index (χ4v) is 4.57. The highest BCUT2D eigenvalue weighted by Gasteiger charge is 2.39. The average molecular weight is 338 g/mol. The molecule has 1 atom stereocenters. The molecule has 2 aromatic rings. The normalized spacial score (nSPS) is 19.6. The zero-order chi connectivity index (χ0) is 17.7. The first kappa shape index (κ1) is 17.8. The van der Waals surface area contributed by atoms with Crippen molar-refractivity contribution in [3.8, 4) is 11.5 Å². The van der Waals surface area contributed by atoms with Gasteiger partial charge in [-0.2, -0.15) is 0 Å². The number of phenolic OH excluding ortho intramolecular Hbond substituents is 2. The van der Waals surface area contributed by atoms with Crippen molar-refractivity contribution in [1.82, 2.24) is 0 Å². The van der Waals surface area contributed by atoms with Gasteiger partial charge in [-0.3, -0.25) is 0 Å². The highest BCUT2D eigenvalue weighted by Crippen LogP contribution is 2.48. The van der Waals surface area contributed by atoms with Crippen LogP contribution in [0.3, 0.4) is 0 Å². The van der Waals surface area contributed by atoms with Crippen LogP contribution in [-0.4, -0.2) is 10.2 Å². The van der Waals surface area contributed by atoms with E-state index in [0.29, 0.717) is 11.5 Å². The Morgan fingerprint density at radius 2 is 1.44 bits per heavy atom. The van der Waals surface area contributed by atoms with Crippen molar-refractivity contribution in [3.63, 3.8) is 0 Å². The van der Waals surface area contributed by atoms with Gasteiger partial charge in [0.15, 0.2) is 0 Å². The molecule has 2 heteroatoms. The molecule has 0 radical (unpaired) electrons. The standard InChI is InChI=1S/C23H30O2/c1-2-3-4-6-18-7-5-16-23(17-18,19-8-12-21(24)13-9-19)20-10-14-22(25)15-11-20/h8-15,18,24-25H,2-7,16-17H2,1H3. The van der Waals surface area contributed by atoms with E-state index in [1.807, 2.05) is 0 Å². The van der Waals surface area contributed by atoms with Crippen molar-refractivity contribution in [3.05, 3.63) is 59.7 Å². The molecule has 134 valence electrons. The molecule has 0 bridgehead atoms. The first-order valence-corrected chi connectivity index (χ1v) is 9.73. The highest BCUT2D eigenvalue weighted by atomic mass is 16.3. The lowest BCUT2D eigenvalue weighted by molar-refractivity contribution is 0.241. The van der Waals surface area contributed by atoms with Crippen molar-refractivity contribution >= 4 is 0 Å². The maximum atomic E-state index is 9.71. The second-order valence-corrected chi connectivity index (χ2v) is 7.63. The summed E-state index contributed by atoms with van der Waals surface area (Å²) >= 11 is 0. The fraction of sp³-hybridized carbons (Fsp3) is 0.478. The van der Waals surface area contributed by atoms with Crippen LogP contribution < -0.4 is 0 Å². The number of unbranched alkanes of at least 4 members (excludes halogenated alkanes) is 2. The largest absolute Gasteiger partial charge is 0.508 e. The third-order valence-corrected chi connectivity index (χ3v) is 5.91. The van der Waals surface area contributed by atoms with E-state index in [1.54, 1.807) is 24.3 Å². The Hall–Kier alpha value is -1.96. The second kappa shape index (κ2) is 7.95. The zero-order valence-corrected chi connectivity index (χ0v) is 15.2. The van der Waals surface area contributed by atoms with Crippen LogP contribution >= 0.6 is 0 Å². The molecule has 1 saturated carbocycles. The van der Waals surface area contributed by atoms with Crippen LogP contribution in [-0.2, 0) is 5.41 Å². The van der Waals surface area contributed by atoms with Crippen molar-refractivity contribution in [2.24, 2.45) is 5.92 Å². The molecule has 0 heterocycles. The van der Waals surface area contributed by atoms with Gasteiger partial charge in [-0.05, 0) is 54.2 Å².